The van der Waals surface area contributed by atoms with Crippen LogP contribution in [0.2, 0.25) is 0 Å². The van der Waals surface area contributed by atoms with Gasteiger partial charge in [-0.05, 0) is 6.54 Å². The largest absolute Gasteiger partial charge is 0.480 e. The molecule has 0 aliphatic heterocycles. The Balaban J connectivity index is 4.10. The lowest BCUT2D eigenvalue weighted by molar-refractivity contribution is -0.141. The molecule has 0 fully saturated rings. The van der Waals surface area contributed by atoms with E-state index in [1.54, 1.807) is 13.8 Å². The molecule has 0 heterocycles. The van der Waals surface area contributed by atoms with Crippen molar-refractivity contribution in [1.29, 1.82) is 0 Å². The number of carbonyl (C=O) groups excluding carboxylic acids is 1. The Morgan fingerprint density at radius 1 is 1.38 bits per heavy atom. The Bertz CT molecular complexity index is 189. The maximum Gasteiger partial charge on any atom is 0.321 e. The van der Waals surface area contributed by atoms with E-state index < -0.39 is 12.0 Å². The van der Waals surface area contributed by atoms with Gasteiger partial charge in [-0.15, -0.1) is 0 Å². The SMILES string of the molecule is CCNC(CC(=O)C(C)C)C(=O)O. The fourth-order valence-electron chi connectivity index (χ4n) is 0.930. The third kappa shape index (κ3) is 4.62. The summed E-state index contributed by atoms with van der Waals surface area (Å²) in [7, 11) is 0. The summed E-state index contributed by atoms with van der Waals surface area (Å²) in [4.78, 5) is 21.9. The third-order valence-electron chi connectivity index (χ3n) is 1.80. The fraction of sp³-hybridized carbons (Fsp3) is 0.778. The molecular formula is C9H17NO3. The predicted molar refractivity (Wildman–Crippen MR) is 49.6 cm³/mol. The molecule has 0 aromatic heterocycles. The average molecular weight is 187 g/mol. The highest BCUT2D eigenvalue weighted by atomic mass is 16.4. The molecule has 0 saturated heterocycles. The van der Waals surface area contributed by atoms with E-state index in [4.69, 9.17) is 5.11 Å². The van der Waals surface area contributed by atoms with Crippen LogP contribution in [-0.4, -0.2) is 29.4 Å². The Morgan fingerprint density at radius 2 is 1.92 bits per heavy atom. The molecule has 0 radical (unpaired) electrons. The van der Waals surface area contributed by atoms with Gasteiger partial charge in [-0.25, -0.2) is 0 Å². The lowest BCUT2D eigenvalue weighted by atomic mass is 10.0. The Kier molecular flexibility index (Phi) is 5.30. The van der Waals surface area contributed by atoms with Crippen LogP contribution in [0.4, 0.5) is 0 Å². The summed E-state index contributed by atoms with van der Waals surface area (Å²) < 4.78 is 0. The standard InChI is InChI=1S/C9H17NO3/c1-4-10-7(9(12)13)5-8(11)6(2)3/h6-7,10H,4-5H2,1-3H3,(H,12,13). The zero-order valence-corrected chi connectivity index (χ0v) is 8.33. The first-order valence-corrected chi connectivity index (χ1v) is 4.48. The normalized spacial score (nSPS) is 12.9. The number of carbonyl (C=O) groups is 2. The molecule has 0 aromatic carbocycles. The smallest absolute Gasteiger partial charge is 0.321 e. The molecule has 0 aliphatic rings. The van der Waals surface area contributed by atoms with Crippen molar-refractivity contribution in [2.45, 2.75) is 33.2 Å². The minimum absolute atomic E-state index is 0.0200. The van der Waals surface area contributed by atoms with Gasteiger partial charge in [-0.2, -0.15) is 0 Å². The van der Waals surface area contributed by atoms with E-state index in [1.807, 2.05) is 6.92 Å². The van der Waals surface area contributed by atoms with Gasteiger partial charge < -0.3 is 10.4 Å². The summed E-state index contributed by atoms with van der Waals surface area (Å²) >= 11 is 0. The molecule has 76 valence electrons. The second-order valence-corrected chi connectivity index (χ2v) is 3.27. The number of nitrogens with one attached hydrogen (secondary N) is 1. The van der Waals surface area contributed by atoms with Gasteiger partial charge >= 0.3 is 5.97 Å². The van der Waals surface area contributed by atoms with Crippen LogP contribution in [-0.2, 0) is 9.59 Å². The molecule has 0 bridgehead atoms. The van der Waals surface area contributed by atoms with Crippen LogP contribution in [0.15, 0.2) is 0 Å². The quantitative estimate of drug-likeness (QED) is 0.641. The van der Waals surface area contributed by atoms with Crippen molar-refractivity contribution < 1.29 is 14.7 Å². The van der Waals surface area contributed by atoms with Crippen LogP contribution in [0, 0.1) is 5.92 Å². The number of hydrogen-bond acceptors (Lipinski definition) is 3. The molecule has 13 heavy (non-hydrogen) atoms. The van der Waals surface area contributed by atoms with E-state index in [0.29, 0.717) is 6.54 Å². The van der Waals surface area contributed by atoms with E-state index in [9.17, 15) is 9.59 Å². The second kappa shape index (κ2) is 5.70. The minimum atomic E-state index is -0.962. The van der Waals surface area contributed by atoms with E-state index in [-0.39, 0.29) is 18.1 Å². The molecule has 4 nitrogen and oxygen atoms in total. The minimum Gasteiger partial charge on any atom is -0.480 e. The number of aliphatic carboxylic acids is 1. The van der Waals surface area contributed by atoms with Crippen molar-refractivity contribution in [2.75, 3.05) is 6.54 Å². The summed E-state index contributed by atoms with van der Waals surface area (Å²) in [5, 5.41) is 11.5. The first-order valence-electron chi connectivity index (χ1n) is 4.48. The van der Waals surface area contributed by atoms with E-state index in [0.717, 1.165) is 0 Å². The van der Waals surface area contributed by atoms with Crippen molar-refractivity contribution in [3.63, 3.8) is 0 Å². The highest BCUT2D eigenvalue weighted by molar-refractivity contribution is 5.86. The molecule has 0 aromatic rings. The van der Waals surface area contributed by atoms with Crippen molar-refractivity contribution in [2.24, 2.45) is 5.92 Å². The summed E-state index contributed by atoms with van der Waals surface area (Å²) in [5.41, 5.74) is 0. The Labute approximate surface area is 78.3 Å². The number of ketones is 1. The van der Waals surface area contributed by atoms with Crippen molar-refractivity contribution in [3.05, 3.63) is 0 Å². The number of rotatable bonds is 6. The van der Waals surface area contributed by atoms with E-state index in [1.165, 1.54) is 0 Å². The molecule has 1 atom stereocenters. The summed E-state index contributed by atoms with van der Waals surface area (Å²) in [6.07, 6.45) is 0.0703. The maximum atomic E-state index is 11.2. The first kappa shape index (κ1) is 12.1. The predicted octanol–water partition coefficient (Wildman–Crippen LogP) is 0.664. The lowest BCUT2D eigenvalue weighted by Crippen LogP contribution is -2.39. The van der Waals surface area contributed by atoms with E-state index in [2.05, 4.69) is 5.32 Å². The van der Waals surface area contributed by atoms with Gasteiger partial charge in [0.05, 0.1) is 0 Å². The zero-order valence-electron chi connectivity index (χ0n) is 8.33. The number of carboxylic acids is 1. The maximum absolute atomic E-state index is 11.2. The molecule has 0 saturated carbocycles. The van der Waals surface area contributed by atoms with Crippen LogP contribution in [0.3, 0.4) is 0 Å². The van der Waals surface area contributed by atoms with Gasteiger partial charge in [0, 0.05) is 12.3 Å². The van der Waals surface area contributed by atoms with Crippen LogP contribution < -0.4 is 5.32 Å². The van der Waals surface area contributed by atoms with Gasteiger partial charge in [0.2, 0.25) is 0 Å². The van der Waals surface area contributed by atoms with Crippen molar-refractivity contribution in [1.82, 2.24) is 5.32 Å². The number of carboxylic acid groups (broad SMARTS) is 1. The fourth-order valence-corrected chi connectivity index (χ4v) is 0.930. The topological polar surface area (TPSA) is 66.4 Å². The molecule has 0 amide bonds. The molecular weight excluding hydrogens is 170 g/mol. The highest BCUT2D eigenvalue weighted by Crippen LogP contribution is 2.02. The monoisotopic (exact) mass is 187 g/mol. The van der Waals surface area contributed by atoms with Crippen molar-refractivity contribution >= 4 is 11.8 Å². The van der Waals surface area contributed by atoms with Crippen molar-refractivity contribution in [3.8, 4) is 0 Å². The highest BCUT2D eigenvalue weighted by Gasteiger charge is 2.20. The van der Waals surface area contributed by atoms with Crippen LogP contribution in [0.1, 0.15) is 27.2 Å². The van der Waals surface area contributed by atoms with Gasteiger partial charge in [0.1, 0.15) is 11.8 Å². The molecule has 2 N–H and O–H groups in total. The Hall–Kier alpha value is -0.900. The molecule has 0 spiro atoms. The lowest BCUT2D eigenvalue weighted by Gasteiger charge is -2.13. The second-order valence-electron chi connectivity index (χ2n) is 3.27. The Morgan fingerprint density at radius 3 is 2.23 bits per heavy atom. The first-order chi connectivity index (χ1) is 5.99. The number of Topliss-reactive ketones (excluding diaryl/α,β-unsaturated/α-hetero) is 1. The summed E-state index contributed by atoms with van der Waals surface area (Å²) in [5.74, 6) is -1.08. The number of hydrogen-bond donors (Lipinski definition) is 2. The molecule has 0 rings (SSSR count). The van der Waals surface area contributed by atoms with Gasteiger partial charge in [-0.3, -0.25) is 9.59 Å². The van der Waals surface area contributed by atoms with Crippen LogP contribution in [0.5, 0.6) is 0 Å². The van der Waals surface area contributed by atoms with Crippen LogP contribution >= 0.6 is 0 Å². The van der Waals surface area contributed by atoms with Gasteiger partial charge in [-0.1, -0.05) is 20.8 Å². The van der Waals surface area contributed by atoms with Gasteiger partial charge in [0.25, 0.3) is 0 Å². The third-order valence-corrected chi connectivity index (χ3v) is 1.80. The average Bonchev–Trinajstić information content (AvgIpc) is 2.03. The zero-order chi connectivity index (χ0) is 10.4. The van der Waals surface area contributed by atoms with Gasteiger partial charge in [0.15, 0.2) is 0 Å². The van der Waals surface area contributed by atoms with E-state index >= 15 is 0 Å². The molecule has 1 unspecified atom stereocenters. The summed E-state index contributed by atoms with van der Waals surface area (Å²) in [6.45, 7) is 5.92. The molecule has 0 aliphatic carbocycles. The summed E-state index contributed by atoms with van der Waals surface area (Å²) in [6, 6.07) is -0.736. The van der Waals surface area contributed by atoms with Crippen LogP contribution in [0.25, 0.3) is 0 Å². The molecule has 4 heteroatoms. The number of likely N-dealkylation sites (N-methyl/N-ethyl adjacent to an activating group) is 1.